The second kappa shape index (κ2) is 8.09. The van der Waals surface area contributed by atoms with E-state index in [0.29, 0.717) is 0 Å². The third kappa shape index (κ3) is 10.1. The Balaban J connectivity index is 0. The van der Waals surface area contributed by atoms with E-state index < -0.39 is 0 Å². The van der Waals surface area contributed by atoms with Crippen LogP contribution in [0.15, 0.2) is 0 Å². The van der Waals surface area contributed by atoms with E-state index in [2.05, 4.69) is 13.8 Å². The average Bonchev–Trinajstić information content (AvgIpc) is 1.61. The van der Waals surface area contributed by atoms with Gasteiger partial charge in [-0.05, 0) is 18.8 Å². The Hall–Kier alpha value is 1.09. The van der Waals surface area contributed by atoms with Gasteiger partial charge in [0.1, 0.15) is 0 Å². The van der Waals surface area contributed by atoms with Gasteiger partial charge in [0.15, 0.2) is 0 Å². The zero-order chi connectivity index (χ0) is 5.70. The van der Waals surface area contributed by atoms with Crippen molar-refractivity contribution in [2.45, 2.75) is 26.7 Å². The summed E-state index contributed by atoms with van der Waals surface area (Å²) in [6, 6.07) is 0. The van der Waals surface area contributed by atoms with Gasteiger partial charge in [-0.15, -0.1) is 11.6 Å². The Kier molecular flexibility index (Phi) is 12.0. The second-order valence-electron chi connectivity index (χ2n) is 2.23. The third-order valence-electron chi connectivity index (χ3n) is 0.915. The molecule has 0 aliphatic rings. The van der Waals surface area contributed by atoms with Crippen LogP contribution in [-0.4, -0.2) is 29.8 Å². The molecule has 0 aliphatic heterocycles. The molecule has 0 atom stereocenters. The van der Waals surface area contributed by atoms with E-state index in [4.69, 9.17) is 11.6 Å². The van der Waals surface area contributed by atoms with Crippen LogP contribution in [-0.2, 0) is 0 Å². The minimum absolute atomic E-state index is 0. The molecule has 0 heterocycles. The summed E-state index contributed by atoms with van der Waals surface area (Å²) >= 11 is 5.45. The van der Waals surface area contributed by atoms with Crippen LogP contribution in [0.25, 0.3) is 0 Å². The summed E-state index contributed by atoms with van der Waals surface area (Å²) < 4.78 is 0. The number of rotatable bonds is 3. The summed E-state index contributed by atoms with van der Waals surface area (Å²) in [5.74, 6) is 1.64. The molecule has 0 spiro atoms. The van der Waals surface area contributed by atoms with E-state index >= 15 is 0 Å². The SMILES string of the molecule is CC(C)CCCCl.[SnH2]. The molecule has 0 saturated heterocycles. The van der Waals surface area contributed by atoms with Crippen LogP contribution in [0.4, 0.5) is 0 Å². The molecule has 8 heavy (non-hydrogen) atoms. The Morgan fingerprint density at radius 1 is 1.38 bits per heavy atom. The van der Waals surface area contributed by atoms with Crippen LogP contribution in [0.5, 0.6) is 0 Å². The molecule has 0 rings (SSSR count). The number of alkyl halides is 1. The van der Waals surface area contributed by atoms with Crippen LogP contribution in [0.3, 0.4) is 0 Å². The van der Waals surface area contributed by atoms with Crippen molar-refractivity contribution in [1.29, 1.82) is 0 Å². The molecule has 2 radical (unpaired) electrons. The molecule has 0 N–H and O–H groups in total. The fourth-order valence-corrected chi connectivity index (χ4v) is 0.640. The van der Waals surface area contributed by atoms with Gasteiger partial charge in [0.25, 0.3) is 0 Å². The number of halogens is 1. The van der Waals surface area contributed by atoms with Gasteiger partial charge >= 0.3 is 23.9 Å². The van der Waals surface area contributed by atoms with Crippen molar-refractivity contribution in [1.82, 2.24) is 0 Å². The summed E-state index contributed by atoms with van der Waals surface area (Å²) in [6.07, 6.45) is 2.43. The molecule has 0 aromatic heterocycles. The van der Waals surface area contributed by atoms with Crippen molar-refractivity contribution < 1.29 is 0 Å². The van der Waals surface area contributed by atoms with Crippen molar-refractivity contribution in [2.24, 2.45) is 5.92 Å². The van der Waals surface area contributed by atoms with Gasteiger partial charge in [-0.2, -0.15) is 0 Å². The first-order valence-corrected chi connectivity index (χ1v) is 3.36. The first kappa shape index (κ1) is 11.8. The standard InChI is InChI=1S/C6H13Cl.Sn.2H/c1-6(2)4-3-5-7;;;/h6H,3-5H2,1-2H3;;;. The van der Waals surface area contributed by atoms with Crippen molar-refractivity contribution >= 4 is 35.5 Å². The molecule has 0 nitrogen and oxygen atoms in total. The zero-order valence-electron chi connectivity index (χ0n) is 5.78. The summed E-state index contributed by atoms with van der Waals surface area (Å²) in [4.78, 5) is 0. The predicted molar refractivity (Wildman–Crippen MR) is 43.3 cm³/mol. The van der Waals surface area contributed by atoms with Crippen molar-refractivity contribution in [3.8, 4) is 0 Å². The van der Waals surface area contributed by atoms with E-state index in [1.165, 1.54) is 12.8 Å². The van der Waals surface area contributed by atoms with Gasteiger partial charge in [-0.3, -0.25) is 0 Å². The summed E-state index contributed by atoms with van der Waals surface area (Å²) in [6.45, 7) is 4.43. The maximum atomic E-state index is 5.45. The Morgan fingerprint density at radius 2 is 1.88 bits per heavy atom. The van der Waals surface area contributed by atoms with Gasteiger partial charge in [-0.25, -0.2) is 0 Å². The molecule has 2 heteroatoms. The molecule has 0 unspecified atom stereocenters. The Morgan fingerprint density at radius 3 is 2.00 bits per heavy atom. The van der Waals surface area contributed by atoms with Crippen molar-refractivity contribution in [2.75, 3.05) is 5.88 Å². The van der Waals surface area contributed by atoms with Crippen LogP contribution in [0.2, 0.25) is 0 Å². The normalized spacial score (nSPS) is 9.00. The van der Waals surface area contributed by atoms with Crippen molar-refractivity contribution in [3.63, 3.8) is 0 Å². The molecular weight excluding hydrogens is 226 g/mol. The maximum absolute atomic E-state index is 5.45. The number of hydrogen-bond acceptors (Lipinski definition) is 0. The molecule has 0 bridgehead atoms. The van der Waals surface area contributed by atoms with Crippen molar-refractivity contribution in [3.05, 3.63) is 0 Å². The van der Waals surface area contributed by atoms with E-state index in [0.717, 1.165) is 11.8 Å². The predicted octanol–water partition coefficient (Wildman–Crippen LogP) is 1.75. The molecule has 0 aromatic rings. The first-order valence-electron chi connectivity index (χ1n) is 2.83. The van der Waals surface area contributed by atoms with E-state index in [9.17, 15) is 0 Å². The average molecular weight is 241 g/mol. The van der Waals surface area contributed by atoms with Crippen LogP contribution >= 0.6 is 11.6 Å². The van der Waals surface area contributed by atoms with E-state index in [1.807, 2.05) is 0 Å². The van der Waals surface area contributed by atoms with Crippen LogP contribution in [0, 0.1) is 5.92 Å². The summed E-state index contributed by atoms with van der Waals surface area (Å²) in [7, 11) is 0. The third-order valence-corrected chi connectivity index (χ3v) is 1.18. The van der Waals surface area contributed by atoms with Gasteiger partial charge in [-0.1, -0.05) is 13.8 Å². The molecule has 0 aromatic carbocycles. The van der Waals surface area contributed by atoms with E-state index in [1.54, 1.807) is 0 Å². The van der Waals surface area contributed by atoms with Gasteiger partial charge in [0.05, 0.1) is 0 Å². The zero-order valence-corrected chi connectivity index (χ0v) is 10.6. The van der Waals surface area contributed by atoms with Crippen LogP contribution in [0.1, 0.15) is 26.7 Å². The quantitative estimate of drug-likeness (QED) is 0.521. The number of hydrogen-bond donors (Lipinski definition) is 0. The fraction of sp³-hybridized carbons (Fsp3) is 1.00. The second-order valence-corrected chi connectivity index (χ2v) is 2.60. The molecule has 0 fully saturated rings. The molecule has 50 valence electrons. The summed E-state index contributed by atoms with van der Waals surface area (Å²) in [5.41, 5.74) is 0. The Labute approximate surface area is 73.9 Å². The monoisotopic (exact) mass is 242 g/mol. The topological polar surface area (TPSA) is 0 Å². The van der Waals surface area contributed by atoms with E-state index in [-0.39, 0.29) is 23.9 Å². The molecule has 0 aliphatic carbocycles. The van der Waals surface area contributed by atoms with Gasteiger partial charge in [0.2, 0.25) is 0 Å². The molecule has 0 amide bonds. The Bertz CT molecular complexity index is 37.5. The van der Waals surface area contributed by atoms with Gasteiger partial charge in [0, 0.05) is 5.88 Å². The summed E-state index contributed by atoms with van der Waals surface area (Å²) in [5, 5.41) is 0. The fourth-order valence-electron chi connectivity index (χ4n) is 0.485. The van der Waals surface area contributed by atoms with Crippen LogP contribution < -0.4 is 0 Å². The molecule has 0 saturated carbocycles. The minimum atomic E-state index is 0. The van der Waals surface area contributed by atoms with Gasteiger partial charge < -0.3 is 0 Å². The first-order chi connectivity index (χ1) is 3.27. The molecular formula is C6H15ClSn.